The van der Waals surface area contributed by atoms with Gasteiger partial charge in [0.2, 0.25) is 65.0 Å². The van der Waals surface area contributed by atoms with Crippen molar-refractivity contribution in [1.82, 2.24) is 42.1 Å². The van der Waals surface area contributed by atoms with Crippen LogP contribution in [0.5, 0.6) is 5.75 Å². The van der Waals surface area contributed by atoms with E-state index in [0.717, 1.165) is 0 Å². The molecule has 3 rings (SSSR count). The van der Waals surface area contributed by atoms with Gasteiger partial charge in [0.1, 0.15) is 42.0 Å². The topological polar surface area (TPSA) is 400 Å². The van der Waals surface area contributed by atoms with Crippen molar-refractivity contribution < 1.29 is 57.8 Å². The summed E-state index contributed by atoms with van der Waals surface area (Å²) in [5.41, 5.74) is 22.8. The van der Waals surface area contributed by atoms with E-state index in [9.17, 15) is 57.8 Å². The van der Waals surface area contributed by atoms with Gasteiger partial charge in [-0.3, -0.25) is 52.7 Å². The van der Waals surface area contributed by atoms with Crippen molar-refractivity contribution in [1.29, 1.82) is 0 Å². The lowest BCUT2D eigenvalue weighted by Crippen LogP contribution is -2.61. The number of hydrogen-bond acceptors (Lipinski definition) is 15. The summed E-state index contributed by atoms with van der Waals surface area (Å²) in [6.07, 6.45) is -1.41. The second-order valence-corrected chi connectivity index (χ2v) is 16.4. The number of aromatic hydroxyl groups is 1. The van der Waals surface area contributed by atoms with Gasteiger partial charge in [-0.25, -0.2) is 0 Å². The number of carbonyl (C=O) groups excluding carboxylic acids is 11. The van der Waals surface area contributed by atoms with Gasteiger partial charge in [-0.15, -0.1) is 0 Å². The van der Waals surface area contributed by atoms with E-state index < -0.39 is 140 Å². The van der Waals surface area contributed by atoms with Crippen LogP contribution in [-0.2, 0) is 65.6 Å². The maximum atomic E-state index is 14.2. The molecule has 26 heteroatoms. The van der Waals surface area contributed by atoms with Crippen LogP contribution in [0.2, 0.25) is 0 Å². The number of carbonyl (C=O) groups is 11. The highest BCUT2D eigenvalue weighted by Gasteiger charge is 2.39. The largest absolute Gasteiger partial charge is 0.508 e. The maximum absolute atomic E-state index is 14.2. The number of nitrogens with zero attached hydrogens (tertiary/aromatic N) is 1. The van der Waals surface area contributed by atoms with Gasteiger partial charge in [0.05, 0.1) is 25.6 Å². The van der Waals surface area contributed by atoms with Gasteiger partial charge in [0.25, 0.3) is 0 Å². The van der Waals surface area contributed by atoms with Crippen LogP contribution in [0.3, 0.4) is 0 Å². The number of nitrogens with two attached hydrogens (primary N) is 4. The van der Waals surface area contributed by atoms with Crippen molar-refractivity contribution in [2.24, 2.45) is 22.9 Å². The van der Waals surface area contributed by atoms with Crippen molar-refractivity contribution in [3.05, 3.63) is 65.7 Å². The van der Waals surface area contributed by atoms with E-state index in [1.165, 1.54) is 29.2 Å². The number of benzene rings is 2. The maximum Gasteiger partial charge on any atom is 0.246 e. The average molecular weight is 987 g/mol. The van der Waals surface area contributed by atoms with Gasteiger partial charge in [-0.2, -0.15) is 25.3 Å². The molecule has 16 N–H and O–H groups in total. The third-order valence-corrected chi connectivity index (χ3v) is 11.1. The number of primary amides is 3. The molecule has 1 heterocycles. The minimum Gasteiger partial charge on any atom is -0.508 e. The number of phenols is 1. The average Bonchev–Trinajstić information content (AvgIpc) is 3.80. The number of phenolic OH excluding ortho intramolecular Hbond substituents is 1. The number of likely N-dealkylation sites (tertiary alicyclic amines) is 1. The smallest absolute Gasteiger partial charge is 0.246 e. The van der Waals surface area contributed by atoms with Crippen molar-refractivity contribution in [2.45, 2.75) is 87.2 Å². The molecule has 7 atom stereocenters. The highest BCUT2D eigenvalue weighted by molar-refractivity contribution is 7.80. The van der Waals surface area contributed by atoms with Gasteiger partial charge in [0, 0.05) is 37.3 Å². The molecule has 68 heavy (non-hydrogen) atoms. The SMILES string of the molecule is NC(=O)CC[C@H](NC(=O)[C@H](Cc1ccccc1)NC(=O)[C@H](Cc1ccc(O)cc1)NC(=O)[C@@H](N)CS)C(=O)N[C@@H](CC(N)=O)C(=O)N[C@@H](CS)C(=O)N1CCC[C@H]1C(=O)NCC(=O)NCC(N)=O. The molecule has 11 amide bonds. The molecule has 0 aromatic heterocycles. The Balaban J connectivity index is 1.84. The Morgan fingerprint density at radius 2 is 1.15 bits per heavy atom. The molecule has 0 aliphatic carbocycles. The zero-order chi connectivity index (χ0) is 50.5. The fourth-order valence-electron chi connectivity index (χ4n) is 6.77. The van der Waals surface area contributed by atoms with Gasteiger partial charge in [0.15, 0.2) is 0 Å². The molecule has 1 aliphatic rings. The van der Waals surface area contributed by atoms with Crippen molar-refractivity contribution in [3.8, 4) is 5.75 Å². The molecule has 1 aliphatic heterocycles. The summed E-state index contributed by atoms with van der Waals surface area (Å²) in [5.74, 6) is -10.1. The summed E-state index contributed by atoms with van der Waals surface area (Å²) in [6.45, 7) is -0.899. The summed E-state index contributed by atoms with van der Waals surface area (Å²) in [6, 6.07) is 4.43. The molecular weight excluding hydrogens is 929 g/mol. The molecule has 0 saturated carbocycles. The first-order valence-electron chi connectivity index (χ1n) is 21.2. The van der Waals surface area contributed by atoms with Crippen LogP contribution >= 0.6 is 25.3 Å². The molecular formula is C42H58N12O12S2. The lowest BCUT2D eigenvalue weighted by atomic mass is 10.0. The van der Waals surface area contributed by atoms with Gasteiger partial charge >= 0.3 is 0 Å². The van der Waals surface area contributed by atoms with Crippen LogP contribution in [0.4, 0.5) is 0 Å². The minimum atomic E-state index is -1.77. The Labute approximate surface area is 401 Å². The van der Waals surface area contributed by atoms with Crippen LogP contribution in [0.1, 0.15) is 43.2 Å². The number of hydrogen-bond donors (Lipinski definition) is 14. The summed E-state index contributed by atoms with van der Waals surface area (Å²) < 4.78 is 0. The van der Waals surface area contributed by atoms with Crippen LogP contribution in [0.15, 0.2) is 54.6 Å². The van der Waals surface area contributed by atoms with Crippen LogP contribution in [-0.4, -0.2) is 148 Å². The number of amides is 11. The Bertz CT molecular complexity index is 2150. The Hall–Kier alpha value is -6.93. The molecule has 24 nitrogen and oxygen atoms in total. The minimum absolute atomic E-state index is 0.0508. The van der Waals surface area contributed by atoms with E-state index >= 15 is 0 Å². The number of nitrogens with one attached hydrogen (secondary N) is 7. The Morgan fingerprint density at radius 3 is 1.71 bits per heavy atom. The van der Waals surface area contributed by atoms with Gasteiger partial charge in [-0.05, 0) is 42.5 Å². The molecule has 0 spiro atoms. The first-order valence-corrected chi connectivity index (χ1v) is 22.5. The van der Waals surface area contributed by atoms with E-state index in [-0.39, 0.29) is 43.1 Å². The quantitative estimate of drug-likeness (QED) is 0.0373. The van der Waals surface area contributed by atoms with E-state index in [2.05, 4.69) is 62.5 Å². The molecule has 0 bridgehead atoms. The lowest BCUT2D eigenvalue weighted by Gasteiger charge is -2.29. The standard InChI is InChI=1S/C42H58N12O12S2/c43-25(20-67)36(60)50-27(16-23-8-10-24(55)11-9-23)39(63)51-28(15-22-5-2-1-3-6-22)38(62)49-26(12-13-32(44)56)37(61)52-29(17-33(45)57)40(64)53-30(21-68)42(66)54-14-4-7-31(54)41(65)48-19-35(59)47-18-34(46)58/h1-3,5-6,8-11,25-31,55,67-68H,4,7,12-21,43H2,(H2,44,56)(H2,45,57)(H2,46,58)(H,47,59)(H,48,65)(H,49,62)(H,50,60)(H,51,63)(H,52,61)(H,53,64)/t25-,26-,27-,28-,29-,30-,31-/m0/s1. The Kier molecular flexibility index (Phi) is 22.5. The molecule has 2 aromatic rings. The summed E-state index contributed by atoms with van der Waals surface area (Å²) in [5, 5.41) is 26.8. The van der Waals surface area contributed by atoms with E-state index in [1.54, 1.807) is 30.3 Å². The Morgan fingerprint density at radius 1 is 0.618 bits per heavy atom. The van der Waals surface area contributed by atoms with Gasteiger partial charge in [-0.1, -0.05) is 42.5 Å². The van der Waals surface area contributed by atoms with Crippen molar-refractivity contribution in [3.63, 3.8) is 0 Å². The predicted octanol–water partition coefficient (Wildman–Crippen LogP) is -5.36. The third-order valence-electron chi connectivity index (χ3n) is 10.3. The molecule has 1 saturated heterocycles. The molecule has 0 unspecified atom stereocenters. The number of rotatable bonds is 27. The zero-order valence-electron chi connectivity index (χ0n) is 36.8. The fraction of sp³-hybridized carbons (Fsp3) is 0.452. The first kappa shape index (κ1) is 55.4. The number of thiol groups is 2. The van der Waals surface area contributed by atoms with Crippen LogP contribution in [0.25, 0.3) is 0 Å². The second kappa shape index (κ2) is 27.6. The molecule has 370 valence electrons. The second-order valence-electron chi connectivity index (χ2n) is 15.7. The summed E-state index contributed by atoms with van der Waals surface area (Å²) in [7, 11) is 0. The summed E-state index contributed by atoms with van der Waals surface area (Å²) in [4.78, 5) is 144. The molecule has 0 radical (unpaired) electrons. The predicted molar refractivity (Wildman–Crippen MR) is 249 cm³/mol. The highest BCUT2D eigenvalue weighted by atomic mass is 32.1. The summed E-state index contributed by atoms with van der Waals surface area (Å²) >= 11 is 8.25. The van der Waals surface area contributed by atoms with E-state index in [4.69, 9.17) is 22.9 Å². The van der Waals surface area contributed by atoms with Gasteiger partial charge < -0.3 is 70.2 Å². The normalized spacial score (nSPS) is 15.7. The molecule has 1 fully saturated rings. The zero-order valence-corrected chi connectivity index (χ0v) is 38.6. The van der Waals surface area contributed by atoms with Crippen molar-refractivity contribution >= 4 is 90.2 Å². The third kappa shape index (κ3) is 18.4. The van der Waals surface area contributed by atoms with E-state index in [1.807, 2.05) is 0 Å². The monoisotopic (exact) mass is 986 g/mol. The highest BCUT2D eigenvalue weighted by Crippen LogP contribution is 2.19. The van der Waals surface area contributed by atoms with Crippen LogP contribution in [0, 0.1) is 0 Å². The lowest BCUT2D eigenvalue weighted by molar-refractivity contribution is -0.141. The fourth-order valence-corrected chi connectivity index (χ4v) is 7.19. The van der Waals surface area contributed by atoms with Crippen molar-refractivity contribution in [2.75, 3.05) is 31.1 Å². The van der Waals surface area contributed by atoms with E-state index in [0.29, 0.717) is 17.5 Å². The molecule has 2 aromatic carbocycles. The first-order chi connectivity index (χ1) is 32.2. The van der Waals surface area contributed by atoms with Crippen LogP contribution < -0.4 is 60.2 Å².